The van der Waals surface area contributed by atoms with Crippen molar-refractivity contribution >= 4 is 10.4 Å². The predicted octanol–water partition coefficient (Wildman–Crippen LogP) is 1.03. The number of hydrogen-bond acceptors (Lipinski definition) is 3. The number of nitrogens with zero attached hydrogens (tertiary/aromatic N) is 1. The van der Waals surface area contributed by atoms with E-state index in [1.54, 1.807) is 0 Å². The minimum atomic E-state index is -4.67. The lowest BCUT2D eigenvalue weighted by Gasteiger charge is -2.14. The molecule has 0 radical (unpaired) electrons. The lowest BCUT2D eigenvalue weighted by molar-refractivity contribution is 0.355. The molecule has 0 aliphatic rings. The van der Waals surface area contributed by atoms with Gasteiger partial charge in [0.1, 0.15) is 0 Å². The summed E-state index contributed by atoms with van der Waals surface area (Å²) in [4.78, 5) is 2.25. The molecule has 0 heterocycles. The molecule has 0 aliphatic carbocycles. The Labute approximate surface area is 85.3 Å². The topological polar surface area (TPSA) is 77.8 Å². The van der Waals surface area contributed by atoms with Crippen molar-refractivity contribution in [3.05, 3.63) is 25.3 Å². The zero-order valence-electron chi connectivity index (χ0n) is 8.26. The molecular formula is C8H17NO4S. The van der Waals surface area contributed by atoms with E-state index in [1.165, 1.54) is 0 Å². The fourth-order valence-electron chi connectivity index (χ4n) is 0.698. The molecule has 5 nitrogen and oxygen atoms in total. The molecule has 0 aliphatic heterocycles. The van der Waals surface area contributed by atoms with E-state index in [0.29, 0.717) is 0 Å². The van der Waals surface area contributed by atoms with Crippen LogP contribution in [0.25, 0.3) is 0 Å². The van der Waals surface area contributed by atoms with E-state index in [2.05, 4.69) is 25.0 Å². The van der Waals surface area contributed by atoms with Gasteiger partial charge in [-0.15, -0.1) is 13.2 Å². The van der Waals surface area contributed by atoms with Crippen molar-refractivity contribution in [2.45, 2.75) is 6.92 Å². The molecule has 0 saturated heterocycles. The first-order valence-electron chi connectivity index (χ1n) is 3.99. The first kappa shape index (κ1) is 15.8. The highest BCUT2D eigenvalue weighted by Gasteiger charge is 1.92. The molecule has 0 aromatic rings. The zero-order valence-corrected chi connectivity index (χ0v) is 9.07. The molecule has 0 atom stereocenters. The Hall–Kier alpha value is -0.690. The largest absolute Gasteiger partial charge is 0.394 e. The summed E-state index contributed by atoms with van der Waals surface area (Å²) in [6.45, 7) is 12.4. The van der Waals surface area contributed by atoms with E-state index in [9.17, 15) is 0 Å². The van der Waals surface area contributed by atoms with E-state index < -0.39 is 10.4 Å². The van der Waals surface area contributed by atoms with Crippen LogP contribution in [-0.2, 0) is 10.4 Å². The van der Waals surface area contributed by atoms with Gasteiger partial charge in [0.25, 0.3) is 0 Å². The molecule has 84 valence electrons. The summed E-state index contributed by atoms with van der Waals surface area (Å²) in [5.41, 5.74) is 0. The summed E-state index contributed by atoms with van der Waals surface area (Å²) < 4.78 is 31.6. The second-order valence-electron chi connectivity index (χ2n) is 2.38. The molecule has 2 N–H and O–H groups in total. The van der Waals surface area contributed by atoms with Crippen molar-refractivity contribution in [1.29, 1.82) is 0 Å². The molecule has 0 saturated carbocycles. The number of hydrogen-bond donors (Lipinski definition) is 2. The highest BCUT2D eigenvalue weighted by molar-refractivity contribution is 7.79. The van der Waals surface area contributed by atoms with Crippen LogP contribution in [0.2, 0.25) is 0 Å². The lowest BCUT2D eigenvalue weighted by atomic mass is 10.4. The molecule has 0 bridgehead atoms. The van der Waals surface area contributed by atoms with Crippen LogP contribution < -0.4 is 0 Å². The van der Waals surface area contributed by atoms with Gasteiger partial charge in [-0.1, -0.05) is 19.1 Å². The van der Waals surface area contributed by atoms with E-state index >= 15 is 0 Å². The van der Waals surface area contributed by atoms with Crippen LogP contribution in [0.5, 0.6) is 0 Å². The third kappa shape index (κ3) is 22.5. The molecule has 6 heteroatoms. The van der Waals surface area contributed by atoms with Crippen LogP contribution in [0.3, 0.4) is 0 Å². The number of rotatable bonds is 5. The van der Waals surface area contributed by atoms with Gasteiger partial charge in [-0.25, -0.2) is 0 Å². The number of likely N-dealkylation sites (N-methyl/N-ethyl adjacent to an activating group) is 1. The van der Waals surface area contributed by atoms with Crippen LogP contribution >= 0.6 is 0 Å². The van der Waals surface area contributed by atoms with E-state index in [1.807, 2.05) is 12.2 Å². The van der Waals surface area contributed by atoms with E-state index in [0.717, 1.165) is 19.6 Å². The standard InChI is InChI=1S/C8H15N.H2O4S/c1-4-7-9(6-3)8-5-2;1-5(2,3)4/h4-5H,1-2,6-8H2,3H3;(H2,1,2,3,4). The summed E-state index contributed by atoms with van der Waals surface area (Å²) in [6, 6.07) is 0. The average molecular weight is 223 g/mol. The van der Waals surface area contributed by atoms with Gasteiger partial charge in [0, 0.05) is 13.1 Å². The Morgan fingerprint density at radius 3 is 1.64 bits per heavy atom. The van der Waals surface area contributed by atoms with Gasteiger partial charge in [0.15, 0.2) is 0 Å². The van der Waals surface area contributed by atoms with Crippen molar-refractivity contribution in [1.82, 2.24) is 4.90 Å². The van der Waals surface area contributed by atoms with Gasteiger partial charge in [-0.05, 0) is 6.54 Å². The van der Waals surface area contributed by atoms with E-state index in [-0.39, 0.29) is 0 Å². The third-order valence-corrected chi connectivity index (χ3v) is 1.22. The predicted molar refractivity (Wildman–Crippen MR) is 56.7 cm³/mol. The van der Waals surface area contributed by atoms with Crippen molar-refractivity contribution in [3.63, 3.8) is 0 Å². The summed E-state index contributed by atoms with van der Waals surface area (Å²) in [5, 5.41) is 0. The van der Waals surface area contributed by atoms with Crippen molar-refractivity contribution < 1.29 is 17.5 Å². The fraction of sp³-hybridized carbons (Fsp3) is 0.500. The van der Waals surface area contributed by atoms with Crippen molar-refractivity contribution in [3.8, 4) is 0 Å². The quantitative estimate of drug-likeness (QED) is 0.537. The smallest absolute Gasteiger partial charge is 0.296 e. The first-order chi connectivity index (χ1) is 6.35. The van der Waals surface area contributed by atoms with Crippen molar-refractivity contribution in [2.75, 3.05) is 19.6 Å². The Morgan fingerprint density at radius 2 is 1.50 bits per heavy atom. The van der Waals surface area contributed by atoms with Gasteiger partial charge in [-0.3, -0.25) is 14.0 Å². The Kier molecular flexibility index (Phi) is 10.0. The molecule has 0 aromatic heterocycles. The molecule has 0 rings (SSSR count). The maximum atomic E-state index is 8.74. The van der Waals surface area contributed by atoms with Crippen LogP contribution in [-0.4, -0.2) is 42.1 Å². The molecular weight excluding hydrogens is 206 g/mol. The Balaban J connectivity index is 0. The fourth-order valence-corrected chi connectivity index (χ4v) is 0.698. The van der Waals surface area contributed by atoms with E-state index in [4.69, 9.17) is 17.5 Å². The van der Waals surface area contributed by atoms with Gasteiger partial charge in [-0.2, -0.15) is 8.42 Å². The average Bonchev–Trinajstić information content (AvgIpc) is 2.01. The summed E-state index contributed by atoms with van der Waals surface area (Å²) >= 11 is 0. The maximum Gasteiger partial charge on any atom is 0.394 e. The summed E-state index contributed by atoms with van der Waals surface area (Å²) in [7, 11) is -4.67. The molecule has 0 amide bonds. The Bertz CT molecular complexity index is 230. The monoisotopic (exact) mass is 223 g/mol. The SMILES string of the molecule is C=CCN(CC)CC=C.O=S(=O)(O)O. The Morgan fingerprint density at radius 1 is 1.21 bits per heavy atom. The second-order valence-corrected chi connectivity index (χ2v) is 3.27. The third-order valence-electron chi connectivity index (χ3n) is 1.22. The van der Waals surface area contributed by atoms with Crippen LogP contribution in [0, 0.1) is 0 Å². The lowest BCUT2D eigenvalue weighted by Crippen LogP contribution is -2.22. The normalized spacial score (nSPS) is 10.3. The van der Waals surface area contributed by atoms with Crippen LogP contribution in [0.15, 0.2) is 25.3 Å². The molecule has 14 heavy (non-hydrogen) atoms. The first-order valence-corrected chi connectivity index (χ1v) is 5.38. The molecule has 0 spiro atoms. The zero-order chi connectivity index (χ0) is 11.6. The molecule has 0 aromatic carbocycles. The highest BCUT2D eigenvalue weighted by Crippen LogP contribution is 1.86. The van der Waals surface area contributed by atoms with Gasteiger partial charge < -0.3 is 0 Å². The minimum absolute atomic E-state index is 0.961. The second kappa shape index (κ2) is 8.89. The molecule has 0 unspecified atom stereocenters. The van der Waals surface area contributed by atoms with Gasteiger partial charge in [0.05, 0.1) is 0 Å². The maximum absolute atomic E-state index is 8.74. The van der Waals surface area contributed by atoms with Crippen LogP contribution in [0.4, 0.5) is 0 Å². The van der Waals surface area contributed by atoms with Crippen LogP contribution in [0.1, 0.15) is 6.92 Å². The van der Waals surface area contributed by atoms with Crippen molar-refractivity contribution in [2.24, 2.45) is 0 Å². The van der Waals surface area contributed by atoms with Gasteiger partial charge in [0.2, 0.25) is 0 Å². The summed E-state index contributed by atoms with van der Waals surface area (Å²) in [5.74, 6) is 0. The van der Waals surface area contributed by atoms with Gasteiger partial charge >= 0.3 is 10.4 Å². The highest BCUT2D eigenvalue weighted by atomic mass is 32.3. The molecule has 0 fully saturated rings. The minimum Gasteiger partial charge on any atom is -0.296 e. The summed E-state index contributed by atoms with van der Waals surface area (Å²) in [6.07, 6.45) is 3.82.